The molecule has 0 amide bonds. The van der Waals surface area contributed by atoms with Gasteiger partial charge >= 0.3 is 6.18 Å². The molecule has 0 atom stereocenters. The Morgan fingerprint density at radius 3 is 2.50 bits per heavy atom. The summed E-state index contributed by atoms with van der Waals surface area (Å²) < 4.78 is 43.6. The minimum Gasteiger partial charge on any atom is -0.398 e. The number of ether oxygens (including phenoxy) is 1. The highest BCUT2D eigenvalue weighted by Gasteiger charge is 2.33. The van der Waals surface area contributed by atoms with Gasteiger partial charge in [-0.1, -0.05) is 0 Å². The van der Waals surface area contributed by atoms with E-state index in [4.69, 9.17) is 10.5 Å². The molecule has 0 radical (unpaired) electrons. The molecule has 1 heterocycles. The molecule has 20 heavy (non-hydrogen) atoms. The molecule has 6 heteroatoms. The van der Waals surface area contributed by atoms with Crippen molar-refractivity contribution in [1.29, 1.82) is 0 Å². The van der Waals surface area contributed by atoms with Crippen molar-refractivity contribution in [2.45, 2.75) is 19.0 Å². The summed E-state index contributed by atoms with van der Waals surface area (Å²) >= 11 is 0. The van der Waals surface area contributed by atoms with Gasteiger partial charge in [-0.25, -0.2) is 0 Å². The highest BCUT2D eigenvalue weighted by atomic mass is 19.4. The van der Waals surface area contributed by atoms with Gasteiger partial charge in [0.2, 0.25) is 0 Å². The van der Waals surface area contributed by atoms with Crippen molar-refractivity contribution in [2.75, 3.05) is 37.4 Å². The van der Waals surface area contributed by atoms with Crippen molar-refractivity contribution < 1.29 is 17.9 Å². The Labute approximate surface area is 116 Å². The summed E-state index contributed by atoms with van der Waals surface area (Å²) in [7, 11) is 1.67. The third-order valence-electron chi connectivity index (χ3n) is 3.72. The Hall–Kier alpha value is -1.43. The molecule has 0 saturated carbocycles. The first-order valence-corrected chi connectivity index (χ1v) is 6.62. The second-order valence-corrected chi connectivity index (χ2v) is 5.16. The van der Waals surface area contributed by atoms with Crippen LogP contribution in [0.2, 0.25) is 0 Å². The number of piperidine rings is 1. The lowest BCUT2D eigenvalue weighted by Gasteiger charge is -2.33. The maximum absolute atomic E-state index is 12.8. The van der Waals surface area contributed by atoms with Crippen LogP contribution in [0, 0.1) is 5.92 Å². The smallest absolute Gasteiger partial charge is 0.398 e. The van der Waals surface area contributed by atoms with Gasteiger partial charge in [0.1, 0.15) is 0 Å². The van der Waals surface area contributed by atoms with E-state index in [0.29, 0.717) is 18.2 Å². The topological polar surface area (TPSA) is 38.5 Å². The van der Waals surface area contributed by atoms with Crippen molar-refractivity contribution in [2.24, 2.45) is 5.92 Å². The molecule has 2 rings (SSSR count). The van der Waals surface area contributed by atoms with E-state index in [-0.39, 0.29) is 5.69 Å². The number of benzene rings is 1. The average Bonchev–Trinajstić information content (AvgIpc) is 2.39. The number of hydrogen-bond donors (Lipinski definition) is 1. The first kappa shape index (κ1) is 15.0. The van der Waals surface area contributed by atoms with E-state index in [1.807, 2.05) is 4.90 Å². The van der Waals surface area contributed by atoms with Crippen molar-refractivity contribution >= 4 is 11.4 Å². The number of nitrogen functional groups attached to an aromatic ring is 1. The van der Waals surface area contributed by atoms with Gasteiger partial charge in [-0.3, -0.25) is 0 Å². The van der Waals surface area contributed by atoms with Crippen molar-refractivity contribution in [3.05, 3.63) is 23.8 Å². The largest absolute Gasteiger partial charge is 0.418 e. The van der Waals surface area contributed by atoms with Crippen LogP contribution in [-0.2, 0) is 10.9 Å². The number of nitrogens with two attached hydrogens (primary N) is 1. The lowest BCUT2D eigenvalue weighted by Crippen LogP contribution is -2.35. The zero-order valence-corrected chi connectivity index (χ0v) is 11.4. The number of methoxy groups -OCH3 is 1. The maximum Gasteiger partial charge on any atom is 0.418 e. The standard InChI is InChI=1S/C14H19F3N2O/c1-20-9-10-4-6-19(7-5-10)11-2-3-13(18)12(8-11)14(15,16)17/h2-3,8,10H,4-7,9,18H2,1H3. The van der Waals surface area contributed by atoms with Gasteiger partial charge in [0.15, 0.2) is 0 Å². The summed E-state index contributed by atoms with van der Waals surface area (Å²) in [6.45, 7) is 2.20. The molecule has 0 aromatic heterocycles. The molecule has 1 fully saturated rings. The third-order valence-corrected chi connectivity index (χ3v) is 3.72. The van der Waals surface area contributed by atoms with Gasteiger partial charge < -0.3 is 15.4 Å². The average molecular weight is 288 g/mol. The molecule has 112 valence electrons. The zero-order chi connectivity index (χ0) is 14.8. The van der Waals surface area contributed by atoms with Crippen molar-refractivity contribution in [3.63, 3.8) is 0 Å². The first-order chi connectivity index (χ1) is 9.41. The van der Waals surface area contributed by atoms with E-state index < -0.39 is 11.7 Å². The predicted molar refractivity (Wildman–Crippen MR) is 72.7 cm³/mol. The molecular formula is C14H19F3N2O. The van der Waals surface area contributed by atoms with Gasteiger partial charge in [0.05, 0.1) is 5.56 Å². The van der Waals surface area contributed by atoms with Crippen molar-refractivity contribution in [3.8, 4) is 0 Å². The Morgan fingerprint density at radius 1 is 1.30 bits per heavy atom. The SMILES string of the molecule is COCC1CCN(c2ccc(N)c(C(F)(F)F)c2)CC1. The Kier molecular flexibility index (Phi) is 4.42. The minimum atomic E-state index is -4.41. The van der Waals surface area contributed by atoms with Crippen LogP contribution in [0.3, 0.4) is 0 Å². The lowest BCUT2D eigenvalue weighted by atomic mass is 9.97. The fourth-order valence-corrected chi connectivity index (χ4v) is 2.58. The molecule has 1 saturated heterocycles. The Morgan fingerprint density at radius 2 is 1.95 bits per heavy atom. The van der Waals surface area contributed by atoms with E-state index >= 15 is 0 Å². The molecule has 1 aliphatic rings. The van der Waals surface area contributed by atoms with Crippen molar-refractivity contribution in [1.82, 2.24) is 0 Å². The minimum absolute atomic E-state index is 0.226. The molecule has 3 nitrogen and oxygen atoms in total. The van der Waals surface area contributed by atoms with Gasteiger partial charge in [0.25, 0.3) is 0 Å². The van der Waals surface area contributed by atoms with Gasteiger partial charge in [-0.2, -0.15) is 13.2 Å². The van der Waals surface area contributed by atoms with Crippen LogP contribution in [0.1, 0.15) is 18.4 Å². The van der Waals surface area contributed by atoms with Gasteiger partial charge in [0, 0.05) is 38.2 Å². The van der Waals surface area contributed by atoms with Gasteiger partial charge in [-0.15, -0.1) is 0 Å². The van der Waals surface area contributed by atoms with Crippen LogP contribution in [0.5, 0.6) is 0 Å². The molecule has 2 N–H and O–H groups in total. The number of halogens is 3. The van der Waals surface area contributed by atoms with Crippen LogP contribution in [-0.4, -0.2) is 26.8 Å². The third kappa shape index (κ3) is 3.36. The molecule has 0 spiro atoms. The van der Waals surface area contributed by atoms with E-state index in [9.17, 15) is 13.2 Å². The molecule has 0 bridgehead atoms. The van der Waals surface area contributed by atoms with E-state index in [1.165, 1.54) is 6.07 Å². The summed E-state index contributed by atoms with van der Waals surface area (Å²) in [4.78, 5) is 1.97. The summed E-state index contributed by atoms with van der Waals surface area (Å²) in [6.07, 6.45) is -2.55. The lowest BCUT2D eigenvalue weighted by molar-refractivity contribution is -0.136. The molecular weight excluding hydrogens is 269 g/mol. The molecule has 1 aromatic carbocycles. The molecule has 0 unspecified atom stereocenters. The first-order valence-electron chi connectivity index (χ1n) is 6.62. The quantitative estimate of drug-likeness (QED) is 0.868. The zero-order valence-electron chi connectivity index (χ0n) is 11.4. The second kappa shape index (κ2) is 5.91. The fraction of sp³-hybridized carbons (Fsp3) is 0.571. The fourth-order valence-electron chi connectivity index (χ4n) is 2.58. The molecule has 0 aliphatic carbocycles. The highest BCUT2D eigenvalue weighted by molar-refractivity contribution is 5.59. The summed E-state index contributed by atoms with van der Waals surface area (Å²) in [5, 5.41) is 0. The monoisotopic (exact) mass is 288 g/mol. The Balaban J connectivity index is 2.11. The number of rotatable bonds is 3. The van der Waals surface area contributed by atoms with E-state index in [1.54, 1.807) is 13.2 Å². The predicted octanol–water partition coefficient (Wildman–Crippen LogP) is 3.15. The van der Waals surface area contributed by atoms with Gasteiger partial charge in [-0.05, 0) is 37.0 Å². The number of anilines is 2. The number of alkyl halides is 3. The second-order valence-electron chi connectivity index (χ2n) is 5.16. The van der Waals surface area contributed by atoms with Crippen LogP contribution in [0.15, 0.2) is 18.2 Å². The summed E-state index contributed by atoms with van der Waals surface area (Å²) in [5.41, 5.74) is 5.02. The highest BCUT2D eigenvalue weighted by Crippen LogP contribution is 2.36. The summed E-state index contributed by atoms with van der Waals surface area (Å²) in [6, 6.07) is 4.13. The number of hydrogen-bond acceptors (Lipinski definition) is 3. The van der Waals surface area contributed by atoms with Crippen LogP contribution >= 0.6 is 0 Å². The Bertz CT molecular complexity index is 454. The van der Waals surface area contributed by atoms with Crippen LogP contribution in [0.4, 0.5) is 24.5 Å². The van der Waals surface area contributed by atoms with E-state index in [0.717, 1.165) is 32.0 Å². The normalized spacial score (nSPS) is 17.5. The summed E-state index contributed by atoms with van der Waals surface area (Å²) in [5.74, 6) is 0.493. The molecule has 1 aliphatic heterocycles. The maximum atomic E-state index is 12.8. The van der Waals surface area contributed by atoms with E-state index in [2.05, 4.69) is 0 Å². The van der Waals surface area contributed by atoms with Crippen LogP contribution in [0.25, 0.3) is 0 Å². The van der Waals surface area contributed by atoms with Crippen LogP contribution < -0.4 is 10.6 Å². The number of nitrogens with zero attached hydrogens (tertiary/aromatic N) is 1. The molecule has 1 aromatic rings.